The molecule has 0 saturated carbocycles. The number of nitrogens with one attached hydrogen (secondary N) is 1. The smallest absolute Gasteiger partial charge is 0.311 e. The molecule has 3 nitrogen and oxygen atoms in total. The molecule has 0 amide bonds. The summed E-state index contributed by atoms with van der Waals surface area (Å²) in [5.74, 6) is 0. The predicted molar refractivity (Wildman–Crippen MR) is 78.9 cm³/mol. The van der Waals surface area contributed by atoms with Crippen molar-refractivity contribution in [1.29, 1.82) is 0 Å². The topological polar surface area (TPSA) is 30.5 Å². The van der Waals surface area contributed by atoms with E-state index in [4.69, 9.17) is 8.23 Å². The van der Waals surface area contributed by atoms with Gasteiger partial charge in [0, 0.05) is 0 Å². The lowest BCUT2D eigenvalue weighted by atomic mass is 10.3. The van der Waals surface area contributed by atoms with Gasteiger partial charge in [-0.3, -0.25) is 0 Å². The van der Waals surface area contributed by atoms with Gasteiger partial charge in [-0.2, -0.15) is 0 Å². The quantitative estimate of drug-likeness (QED) is 0.727. The molecule has 1 unspecified atom stereocenters. The second-order valence-corrected chi connectivity index (χ2v) is 15.6. The normalized spacial score (nSPS) is 15.6. The minimum absolute atomic E-state index is 0.530. The Kier molecular flexibility index (Phi) is 6.67. The maximum absolute atomic E-state index is 6.29. The molecule has 0 aliphatic heterocycles. The fourth-order valence-electron chi connectivity index (χ4n) is 1.93. The SMILES string of the molecule is CCC(C)N[Si](C)(C)O[Si](C)(C)O[SiH](C)C. The highest BCUT2D eigenvalue weighted by Gasteiger charge is 2.35. The van der Waals surface area contributed by atoms with Crippen LogP contribution in [0.5, 0.6) is 0 Å². The molecule has 6 heteroatoms. The monoisotopic (exact) mass is 279 g/mol. The average Bonchev–Trinajstić information content (AvgIpc) is 1.97. The third kappa shape index (κ3) is 7.75. The predicted octanol–water partition coefficient (Wildman–Crippen LogP) is 2.79. The van der Waals surface area contributed by atoms with Crippen LogP contribution in [0.25, 0.3) is 0 Å². The first-order valence-electron chi connectivity index (χ1n) is 6.23. The largest absolute Gasteiger partial charge is 0.440 e. The van der Waals surface area contributed by atoms with Crippen LogP contribution in [0.4, 0.5) is 0 Å². The Morgan fingerprint density at radius 1 is 1.19 bits per heavy atom. The molecule has 1 atom stereocenters. The summed E-state index contributed by atoms with van der Waals surface area (Å²) >= 11 is 0. The van der Waals surface area contributed by atoms with Gasteiger partial charge in [-0.25, -0.2) is 0 Å². The molecule has 16 heavy (non-hydrogen) atoms. The fraction of sp³-hybridized carbons (Fsp3) is 1.00. The molecule has 0 radical (unpaired) electrons. The van der Waals surface area contributed by atoms with Crippen molar-refractivity contribution in [2.45, 2.75) is 65.6 Å². The minimum atomic E-state index is -1.92. The van der Waals surface area contributed by atoms with Gasteiger partial charge in [0.15, 0.2) is 9.04 Å². The second-order valence-electron chi connectivity index (χ2n) is 5.63. The lowest BCUT2D eigenvalue weighted by Gasteiger charge is -2.36. The van der Waals surface area contributed by atoms with Crippen LogP contribution >= 0.6 is 0 Å². The van der Waals surface area contributed by atoms with Gasteiger partial charge < -0.3 is 13.2 Å². The molecule has 0 aromatic heterocycles. The molecule has 0 heterocycles. The van der Waals surface area contributed by atoms with Crippen molar-refractivity contribution in [3.05, 3.63) is 0 Å². The molecule has 0 fully saturated rings. The molecule has 0 spiro atoms. The molecule has 0 saturated heterocycles. The Morgan fingerprint density at radius 3 is 2.06 bits per heavy atom. The van der Waals surface area contributed by atoms with Crippen LogP contribution in [0.15, 0.2) is 0 Å². The Hall–Kier alpha value is 0.531. The van der Waals surface area contributed by atoms with Crippen molar-refractivity contribution in [2.24, 2.45) is 0 Å². The van der Waals surface area contributed by atoms with E-state index in [-0.39, 0.29) is 0 Å². The van der Waals surface area contributed by atoms with Crippen molar-refractivity contribution >= 4 is 26.1 Å². The average molecular weight is 280 g/mol. The third-order valence-corrected chi connectivity index (χ3v) is 11.6. The molecular weight excluding hydrogens is 250 g/mol. The number of hydrogen-bond acceptors (Lipinski definition) is 3. The lowest BCUT2D eigenvalue weighted by Crippen LogP contribution is -2.58. The van der Waals surface area contributed by atoms with Gasteiger partial charge in [-0.15, -0.1) is 0 Å². The molecule has 98 valence electrons. The molecule has 0 bridgehead atoms. The van der Waals surface area contributed by atoms with E-state index in [1.165, 1.54) is 0 Å². The third-order valence-electron chi connectivity index (χ3n) is 2.23. The van der Waals surface area contributed by atoms with E-state index in [1.807, 2.05) is 0 Å². The lowest BCUT2D eigenvalue weighted by molar-refractivity contribution is 0.387. The Balaban J connectivity index is 4.32. The fourth-order valence-corrected chi connectivity index (χ4v) is 13.6. The zero-order valence-electron chi connectivity index (χ0n) is 12.2. The van der Waals surface area contributed by atoms with Gasteiger partial charge in [0.2, 0.25) is 0 Å². The first-order valence-corrected chi connectivity index (χ1v) is 14.7. The van der Waals surface area contributed by atoms with E-state index >= 15 is 0 Å². The Labute approximate surface area is 105 Å². The zero-order chi connectivity index (χ0) is 13.0. The summed E-state index contributed by atoms with van der Waals surface area (Å²) in [5, 5.41) is 0. The van der Waals surface area contributed by atoms with Crippen LogP contribution < -0.4 is 4.98 Å². The molecule has 0 aliphatic rings. The van der Waals surface area contributed by atoms with Crippen LogP contribution in [-0.2, 0) is 8.23 Å². The van der Waals surface area contributed by atoms with E-state index in [9.17, 15) is 0 Å². The molecule has 0 aliphatic carbocycles. The van der Waals surface area contributed by atoms with E-state index in [1.54, 1.807) is 0 Å². The van der Waals surface area contributed by atoms with Gasteiger partial charge >= 0.3 is 8.56 Å². The van der Waals surface area contributed by atoms with Crippen LogP contribution in [-0.4, -0.2) is 32.1 Å². The van der Waals surface area contributed by atoms with Gasteiger partial charge in [0.1, 0.15) is 0 Å². The summed E-state index contributed by atoms with van der Waals surface area (Å²) in [6.07, 6.45) is 1.14. The Morgan fingerprint density at radius 2 is 1.69 bits per heavy atom. The van der Waals surface area contributed by atoms with Crippen molar-refractivity contribution in [1.82, 2.24) is 4.98 Å². The Bertz CT molecular complexity index is 210. The number of hydrogen-bond donors (Lipinski definition) is 1. The highest BCUT2D eigenvalue weighted by Crippen LogP contribution is 2.15. The van der Waals surface area contributed by atoms with E-state index < -0.39 is 26.1 Å². The number of rotatable bonds is 7. The summed E-state index contributed by atoms with van der Waals surface area (Å²) in [6.45, 7) is 17.6. The molecule has 0 aromatic carbocycles. The van der Waals surface area contributed by atoms with Crippen LogP contribution in [0, 0.1) is 0 Å². The summed E-state index contributed by atoms with van der Waals surface area (Å²) in [5.41, 5.74) is 0. The summed E-state index contributed by atoms with van der Waals surface area (Å²) in [7, 11) is -4.70. The standard InChI is InChI=1S/C10H29NO2Si3/c1-9-10(2)11-15(5,6)13-16(7,8)12-14(3)4/h10-11,14H,9H2,1-8H3. The molecular formula is C10H29NO2Si3. The van der Waals surface area contributed by atoms with Gasteiger partial charge in [-0.1, -0.05) is 13.8 Å². The minimum Gasteiger partial charge on any atom is -0.440 e. The second kappa shape index (κ2) is 6.46. The van der Waals surface area contributed by atoms with Crippen LogP contribution in [0.1, 0.15) is 20.3 Å². The van der Waals surface area contributed by atoms with Gasteiger partial charge in [0.25, 0.3) is 8.48 Å². The van der Waals surface area contributed by atoms with E-state index in [2.05, 4.69) is 58.1 Å². The first kappa shape index (κ1) is 16.5. The van der Waals surface area contributed by atoms with Crippen molar-refractivity contribution in [3.8, 4) is 0 Å². The highest BCUT2D eigenvalue weighted by atomic mass is 28.5. The highest BCUT2D eigenvalue weighted by molar-refractivity contribution is 6.83. The summed E-state index contributed by atoms with van der Waals surface area (Å²) in [6, 6.07) is 0.530. The van der Waals surface area contributed by atoms with Crippen molar-refractivity contribution in [2.75, 3.05) is 0 Å². The summed E-state index contributed by atoms with van der Waals surface area (Å²) < 4.78 is 12.3. The first-order chi connectivity index (χ1) is 7.08. The van der Waals surface area contributed by atoms with Crippen molar-refractivity contribution in [3.63, 3.8) is 0 Å². The zero-order valence-corrected chi connectivity index (χ0v) is 15.3. The van der Waals surface area contributed by atoms with Crippen LogP contribution in [0.2, 0.25) is 39.3 Å². The van der Waals surface area contributed by atoms with Crippen LogP contribution in [0.3, 0.4) is 0 Å². The summed E-state index contributed by atoms with van der Waals surface area (Å²) in [4.78, 5) is 3.62. The maximum Gasteiger partial charge on any atom is 0.311 e. The van der Waals surface area contributed by atoms with E-state index in [0.717, 1.165) is 6.42 Å². The van der Waals surface area contributed by atoms with Crippen molar-refractivity contribution < 1.29 is 8.23 Å². The maximum atomic E-state index is 6.29. The van der Waals surface area contributed by atoms with E-state index in [0.29, 0.717) is 6.04 Å². The molecule has 0 aromatic rings. The van der Waals surface area contributed by atoms with Gasteiger partial charge in [0.05, 0.1) is 0 Å². The molecule has 1 N–H and O–H groups in total. The molecule has 0 rings (SSSR count). The van der Waals surface area contributed by atoms with Gasteiger partial charge in [-0.05, 0) is 51.7 Å².